The second-order valence-electron chi connectivity index (χ2n) is 10.1. The average Bonchev–Trinajstić information content (AvgIpc) is 3.73. The Morgan fingerprint density at radius 1 is 1.07 bits per heavy atom. The van der Waals surface area contributed by atoms with E-state index in [2.05, 4.69) is 15.0 Å². The number of carbonyl (C=O) groups is 1. The lowest BCUT2D eigenvalue weighted by Gasteiger charge is -2.39. The lowest BCUT2D eigenvalue weighted by molar-refractivity contribution is -0.133. The standard InChI is InChI=1S/C28H34N4O7S/c1-2-37-22-9-5-20(6-10-22)26-29-25(39-31-26)4-3-19-38-23-11-13-24(14-12-23)40(35,36)28(27(33)30-34)15-17-32(18-16-28)21-7-8-21/h5-6,9-14,21,34H,2-4,7-8,15-19H2,1H3,(H,30,33). The largest absolute Gasteiger partial charge is 0.494 e. The van der Waals surface area contributed by atoms with Crippen molar-refractivity contribution >= 4 is 15.7 Å². The summed E-state index contributed by atoms with van der Waals surface area (Å²) in [5.74, 6) is 1.40. The van der Waals surface area contributed by atoms with Gasteiger partial charge in [-0.15, -0.1) is 0 Å². The third kappa shape index (κ3) is 5.84. The predicted octanol–water partition coefficient (Wildman–Crippen LogP) is 3.42. The number of carbonyl (C=O) groups excluding carboxylic acids is 1. The molecule has 0 atom stereocenters. The van der Waals surface area contributed by atoms with E-state index in [9.17, 15) is 18.4 Å². The highest BCUT2D eigenvalue weighted by Crippen LogP contribution is 2.39. The van der Waals surface area contributed by atoms with Crippen LogP contribution >= 0.6 is 0 Å². The normalized spacial score (nSPS) is 17.4. The number of amides is 1. The van der Waals surface area contributed by atoms with E-state index >= 15 is 0 Å². The molecule has 1 aliphatic heterocycles. The van der Waals surface area contributed by atoms with Crippen LogP contribution in [0.1, 0.15) is 44.9 Å². The lowest BCUT2D eigenvalue weighted by atomic mass is 9.94. The zero-order chi connectivity index (χ0) is 28.2. The van der Waals surface area contributed by atoms with Crippen molar-refractivity contribution in [1.82, 2.24) is 20.5 Å². The molecule has 1 saturated heterocycles. The molecule has 1 aliphatic carbocycles. The van der Waals surface area contributed by atoms with Crippen LogP contribution in [-0.4, -0.2) is 71.7 Å². The molecule has 2 N–H and O–H groups in total. The number of piperidine rings is 1. The zero-order valence-electron chi connectivity index (χ0n) is 22.4. The molecule has 2 heterocycles. The van der Waals surface area contributed by atoms with Gasteiger partial charge in [0.15, 0.2) is 14.6 Å². The molecule has 0 spiro atoms. The van der Waals surface area contributed by atoms with E-state index in [4.69, 9.17) is 14.0 Å². The third-order valence-electron chi connectivity index (χ3n) is 7.53. The molecule has 0 radical (unpaired) electrons. The first kappa shape index (κ1) is 28.1. The fourth-order valence-corrected chi connectivity index (χ4v) is 7.06. The molecule has 40 heavy (non-hydrogen) atoms. The minimum atomic E-state index is -4.06. The number of rotatable bonds is 12. The number of nitrogens with one attached hydrogen (secondary N) is 1. The van der Waals surface area contributed by atoms with E-state index in [1.54, 1.807) is 17.6 Å². The van der Waals surface area contributed by atoms with Gasteiger partial charge in [-0.2, -0.15) is 4.98 Å². The Hall–Kier alpha value is -3.48. The van der Waals surface area contributed by atoms with E-state index in [1.165, 1.54) is 12.1 Å². The van der Waals surface area contributed by atoms with Crippen LogP contribution in [0.25, 0.3) is 11.4 Å². The van der Waals surface area contributed by atoms with Gasteiger partial charge in [-0.05, 0) is 87.6 Å². The van der Waals surface area contributed by atoms with Crippen molar-refractivity contribution in [3.8, 4) is 22.9 Å². The molecule has 2 aromatic carbocycles. The van der Waals surface area contributed by atoms with Crippen molar-refractivity contribution in [2.75, 3.05) is 26.3 Å². The summed E-state index contributed by atoms with van der Waals surface area (Å²) >= 11 is 0. The molecule has 0 bridgehead atoms. The van der Waals surface area contributed by atoms with Gasteiger partial charge in [-0.25, -0.2) is 13.9 Å². The van der Waals surface area contributed by atoms with Gasteiger partial charge < -0.3 is 18.9 Å². The summed E-state index contributed by atoms with van der Waals surface area (Å²) < 4.78 is 42.1. The monoisotopic (exact) mass is 570 g/mol. The summed E-state index contributed by atoms with van der Waals surface area (Å²) in [5, 5.41) is 13.4. The number of hydrogen-bond acceptors (Lipinski definition) is 10. The van der Waals surface area contributed by atoms with Crippen LogP contribution < -0.4 is 15.0 Å². The number of nitrogens with zero attached hydrogens (tertiary/aromatic N) is 3. The summed E-state index contributed by atoms with van der Waals surface area (Å²) in [4.78, 5) is 19.4. The van der Waals surface area contributed by atoms with Gasteiger partial charge in [0.05, 0.1) is 18.1 Å². The van der Waals surface area contributed by atoms with Crippen molar-refractivity contribution in [3.63, 3.8) is 0 Å². The molecule has 11 nitrogen and oxygen atoms in total. The van der Waals surface area contributed by atoms with Crippen molar-refractivity contribution < 1.29 is 32.4 Å². The van der Waals surface area contributed by atoms with Crippen LogP contribution in [0.5, 0.6) is 11.5 Å². The minimum Gasteiger partial charge on any atom is -0.494 e. The molecule has 5 rings (SSSR count). The highest BCUT2D eigenvalue weighted by atomic mass is 32.2. The number of hydroxylamine groups is 1. The Labute approximate surface area is 233 Å². The Kier molecular flexibility index (Phi) is 8.38. The third-order valence-corrected chi connectivity index (χ3v) is 10.0. The van der Waals surface area contributed by atoms with Gasteiger partial charge in [0.25, 0.3) is 5.91 Å². The van der Waals surface area contributed by atoms with Crippen LogP contribution in [0.3, 0.4) is 0 Å². The molecular weight excluding hydrogens is 536 g/mol. The first-order chi connectivity index (χ1) is 19.4. The molecule has 3 aromatic rings. The molecule has 0 unspecified atom stereocenters. The highest BCUT2D eigenvalue weighted by molar-refractivity contribution is 7.93. The van der Waals surface area contributed by atoms with Crippen molar-refractivity contribution in [2.24, 2.45) is 0 Å². The summed E-state index contributed by atoms with van der Waals surface area (Å²) in [5.41, 5.74) is 2.43. The van der Waals surface area contributed by atoms with Crippen LogP contribution in [0.4, 0.5) is 0 Å². The Morgan fingerprint density at radius 2 is 1.73 bits per heavy atom. The fourth-order valence-electron chi connectivity index (χ4n) is 5.10. The predicted molar refractivity (Wildman–Crippen MR) is 145 cm³/mol. The first-order valence-electron chi connectivity index (χ1n) is 13.6. The number of sulfone groups is 1. The maximum absolute atomic E-state index is 13.6. The van der Waals surface area contributed by atoms with Gasteiger partial charge in [-0.1, -0.05) is 5.16 Å². The first-order valence-corrected chi connectivity index (χ1v) is 15.1. The van der Waals surface area contributed by atoms with E-state index < -0.39 is 20.5 Å². The Morgan fingerprint density at radius 3 is 2.35 bits per heavy atom. The van der Waals surface area contributed by atoms with E-state index in [-0.39, 0.29) is 17.7 Å². The lowest BCUT2D eigenvalue weighted by Crippen LogP contribution is -2.58. The molecule has 2 aliphatic rings. The van der Waals surface area contributed by atoms with Crippen molar-refractivity contribution in [3.05, 3.63) is 54.4 Å². The van der Waals surface area contributed by atoms with Gasteiger partial charge in [0.1, 0.15) is 11.5 Å². The Balaban J connectivity index is 1.15. The van der Waals surface area contributed by atoms with E-state index in [1.807, 2.05) is 31.2 Å². The Bertz CT molecular complexity index is 1400. The molecule has 1 saturated carbocycles. The number of aromatic nitrogens is 2. The van der Waals surface area contributed by atoms with E-state index in [0.29, 0.717) is 62.7 Å². The maximum Gasteiger partial charge on any atom is 0.265 e. The second-order valence-corrected chi connectivity index (χ2v) is 12.4. The fraction of sp³-hybridized carbons (Fsp3) is 0.464. The molecule has 1 amide bonds. The quantitative estimate of drug-likeness (QED) is 0.189. The topological polar surface area (TPSA) is 144 Å². The average molecular weight is 571 g/mol. The van der Waals surface area contributed by atoms with Crippen LogP contribution in [0.15, 0.2) is 57.9 Å². The van der Waals surface area contributed by atoms with Gasteiger partial charge in [-0.3, -0.25) is 10.0 Å². The van der Waals surface area contributed by atoms with E-state index in [0.717, 1.165) is 24.2 Å². The molecular formula is C28H34N4O7S. The smallest absolute Gasteiger partial charge is 0.265 e. The summed E-state index contributed by atoms with van der Waals surface area (Å²) in [6, 6.07) is 14.0. The maximum atomic E-state index is 13.6. The summed E-state index contributed by atoms with van der Waals surface area (Å²) in [6.45, 7) is 3.89. The molecule has 214 valence electrons. The molecule has 2 fully saturated rings. The SMILES string of the molecule is CCOc1ccc(-c2noc(CCCOc3ccc(S(=O)(=O)C4(C(=O)NO)CCN(C5CC5)CC4)cc3)n2)cc1. The summed E-state index contributed by atoms with van der Waals surface area (Å²) in [6.07, 6.45) is 3.61. The van der Waals surface area contributed by atoms with Crippen LogP contribution in [0, 0.1) is 0 Å². The van der Waals surface area contributed by atoms with Crippen molar-refractivity contribution in [1.29, 1.82) is 0 Å². The number of aryl methyl sites for hydroxylation is 1. The van der Waals surface area contributed by atoms with Crippen LogP contribution in [-0.2, 0) is 21.1 Å². The number of benzene rings is 2. The van der Waals surface area contributed by atoms with Gasteiger partial charge in [0, 0.05) is 31.1 Å². The van der Waals surface area contributed by atoms with Gasteiger partial charge in [0.2, 0.25) is 11.7 Å². The minimum absolute atomic E-state index is 0.0241. The number of likely N-dealkylation sites (tertiary alicyclic amines) is 1. The second kappa shape index (κ2) is 11.9. The molecule has 1 aromatic heterocycles. The number of ether oxygens (including phenoxy) is 2. The zero-order valence-corrected chi connectivity index (χ0v) is 23.2. The molecule has 12 heteroatoms. The van der Waals surface area contributed by atoms with Gasteiger partial charge >= 0.3 is 0 Å². The van der Waals surface area contributed by atoms with Crippen molar-refractivity contribution in [2.45, 2.75) is 61.1 Å². The van der Waals surface area contributed by atoms with Crippen LogP contribution in [0.2, 0.25) is 0 Å². The number of hydrogen-bond donors (Lipinski definition) is 2. The summed E-state index contributed by atoms with van der Waals surface area (Å²) in [7, 11) is -4.06. The highest BCUT2D eigenvalue weighted by Gasteiger charge is 2.54.